The molecule has 0 aromatic carbocycles. The first kappa shape index (κ1) is 10.0. The Morgan fingerprint density at radius 1 is 1.77 bits per heavy atom. The van der Waals surface area contributed by atoms with Gasteiger partial charge in [0.25, 0.3) is 0 Å². The molecule has 0 saturated carbocycles. The largest absolute Gasteiger partial charge is 0.387 e. The molecule has 0 spiro atoms. The number of amidine groups is 1. The Hall–Kier alpha value is -1.06. The Morgan fingerprint density at radius 3 is 3.15 bits per heavy atom. The molecule has 1 saturated heterocycles. The van der Waals surface area contributed by atoms with E-state index in [1.807, 2.05) is 6.92 Å². The summed E-state index contributed by atoms with van der Waals surface area (Å²) >= 11 is 0. The van der Waals surface area contributed by atoms with E-state index in [4.69, 9.17) is 5.73 Å². The molecule has 4 heteroatoms. The highest BCUT2D eigenvalue weighted by Crippen LogP contribution is 2.07. The summed E-state index contributed by atoms with van der Waals surface area (Å²) in [5.74, 6) is 0.620. The Balaban J connectivity index is 2.49. The van der Waals surface area contributed by atoms with Gasteiger partial charge in [-0.2, -0.15) is 0 Å². The summed E-state index contributed by atoms with van der Waals surface area (Å²) in [5, 5.41) is 2.78. The molecule has 1 aliphatic rings. The van der Waals surface area contributed by atoms with Crippen LogP contribution in [0.3, 0.4) is 0 Å². The SMILES string of the molecule is CCCC(N)=NC1CCCNC1=O. The molecule has 1 amide bonds. The van der Waals surface area contributed by atoms with Crippen molar-refractivity contribution in [2.75, 3.05) is 6.54 Å². The fourth-order valence-electron chi connectivity index (χ4n) is 1.40. The van der Waals surface area contributed by atoms with E-state index < -0.39 is 0 Å². The van der Waals surface area contributed by atoms with Crippen LogP contribution in [0.2, 0.25) is 0 Å². The maximum absolute atomic E-state index is 11.3. The highest BCUT2D eigenvalue weighted by atomic mass is 16.2. The number of hydrogen-bond acceptors (Lipinski definition) is 2. The minimum Gasteiger partial charge on any atom is -0.387 e. The van der Waals surface area contributed by atoms with Crippen LogP contribution < -0.4 is 11.1 Å². The number of piperidine rings is 1. The van der Waals surface area contributed by atoms with E-state index >= 15 is 0 Å². The number of rotatable bonds is 3. The molecule has 4 nitrogen and oxygen atoms in total. The van der Waals surface area contributed by atoms with Gasteiger partial charge in [-0.1, -0.05) is 6.92 Å². The van der Waals surface area contributed by atoms with Gasteiger partial charge in [-0.05, 0) is 19.3 Å². The summed E-state index contributed by atoms with van der Waals surface area (Å²) in [6.45, 7) is 2.82. The fraction of sp³-hybridized carbons (Fsp3) is 0.778. The van der Waals surface area contributed by atoms with Crippen LogP contribution in [0, 0.1) is 0 Å². The molecule has 0 aliphatic carbocycles. The van der Waals surface area contributed by atoms with Crippen LogP contribution in [0.1, 0.15) is 32.6 Å². The van der Waals surface area contributed by atoms with E-state index in [1.165, 1.54) is 0 Å². The van der Waals surface area contributed by atoms with Gasteiger partial charge in [-0.25, -0.2) is 0 Å². The fourth-order valence-corrected chi connectivity index (χ4v) is 1.40. The molecular weight excluding hydrogens is 166 g/mol. The molecule has 0 radical (unpaired) electrons. The first-order chi connectivity index (χ1) is 6.24. The van der Waals surface area contributed by atoms with E-state index in [0.29, 0.717) is 5.84 Å². The van der Waals surface area contributed by atoms with Gasteiger partial charge in [0.1, 0.15) is 6.04 Å². The second kappa shape index (κ2) is 4.84. The summed E-state index contributed by atoms with van der Waals surface area (Å²) in [5.41, 5.74) is 5.65. The van der Waals surface area contributed by atoms with Crippen molar-refractivity contribution in [2.45, 2.75) is 38.6 Å². The van der Waals surface area contributed by atoms with Crippen molar-refractivity contribution in [2.24, 2.45) is 10.7 Å². The second-order valence-electron chi connectivity index (χ2n) is 3.32. The van der Waals surface area contributed by atoms with E-state index in [1.54, 1.807) is 0 Å². The lowest BCUT2D eigenvalue weighted by molar-refractivity contribution is -0.123. The highest BCUT2D eigenvalue weighted by Gasteiger charge is 2.20. The van der Waals surface area contributed by atoms with Gasteiger partial charge in [-0.3, -0.25) is 9.79 Å². The van der Waals surface area contributed by atoms with Crippen LogP contribution in [-0.2, 0) is 4.79 Å². The van der Waals surface area contributed by atoms with Gasteiger partial charge in [0, 0.05) is 13.0 Å². The van der Waals surface area contributed by atoms with Crippen LogP contribution in [0.4, 0.5) is 0 Å². The predicted molar refractivity (Wildman–Crippen MR) is 52.6 cm³/mol. The van der Waals surface area contributed by atoms with Gasteiger partial charge in [0.05, 0.1) is 5.84 Å². The summed E-state index contributed by atoms with van der Waals surface area (Å²) in [4.78, 5) is 15.4. The number of aliphatic imine (C=N–C) groups is 1. The molecule has 1 atom stereocenters. The van der Waals surface area contributed by atoms with Crippen LogP contribution in [0.15, 0.2) is 4.99 Å². The van der Waals surface area contributed by atoms with Crippen molar-refractivity contribution in [1.29, 1.82) is 0 Å². The topological polar surface area (TPSA) is 67.5 Å². The van der Waals surface area contributed by atoms with Crippen LogP contribution in [0.5, 0.6) is 0 Å². The maximum atomic E-state index is 11.3. The van der Waals surface area contributed by atoms with Gasteiger partial charge in [-0.15, -0.1) is 0 Å². The minimum atomic E-state index is -0.236. The zero-order valence-corrected chi connectivity index (χ0v) is 8.05. The van der Waals surface area contributed by atoms with Crippen molar-refractivity contribution in [3.05, 3.63) is 0 Å². The predicted octanol–water partition coefficient (Wildman–Crippen LogP) is 0.422. The van der Waals surface area contributed by atoms with Gasteiger partial charge in [0.15, 0.2) is 0 Å². The third-order valence-corrected chi connectivity index (χ3v) is 2.08. The third kappa shape index (κ3) is 3.05. The molecule has 1 fully saturated rings. The number of amides is 1. The number of hydrogen-bond donors (Lipinski definition) is 2. The van der Waals surface area contributed by atoms with Gasteiger partial charge >= 0.3 is 0 Å². The zero-order chi connectivity index (χ0) is 9.68. The zero-order valence-electron chi connectivity index (χ0n) is 8.05. The lowest BCUT2D eigenvalue weighted by Crippen LogP contribution is -2.40. The normalized spacial score (nSPS) is 24.2. The molecule has 0 bridgehead atoms. The molecule has 3 N–H and O–H groups in total. The number of nitrogens with one attached hydrogen (secondary N) is 1. The lowest BCUT2D eigenvalue weighted by atomic mass is 10.1. The number of nitrogens with two attached hydrogens (primary N) is 1. The standard InChI is InChI=1S/C9H17N3O/c1-2-4-8(10)12-7-5-3-6-11-9(7)13/h7H,2-6H2,1H3,(H2,10,12)(H,11,13). The van der Waals surface area contributed by atoms with E-state index in [9.17, 15) is 4.79 Å². The molecule has 1 aliphatic heterocycles. The molecule has 74 valence electrons. The lowest BCUT2D eigenvalue weighted by Gasteiger charge is -2.18. The van der Waals surface area contributed by atoms with Crippen LogP contribution >= 0.6 is 0 Å². The van der Waals surface area contributed by atoms with Crippen LogP contribution in [-0.4, -0.2) is 24.3 Å². The molecule has 1 heterocycles. The monoisotopic (exact) mass is 183 g/mol. The van der Waals surface area contributed by atoms with Crippen LogP contribution in [0.25, 0.3) is 0 Å². The summed E-state index contributed by atoms with van der Waals surface area (Å²) in [6.07, 6.45) is 3.59. The summed E-state index contributed by atoms with van der Waals surface area (Å²) in [7, 11) is 0. The highest BCUT2D eigenvalue weighted by molar-refractivity contribution is 5.87. The average Bonchev–Trinajstić information content (AvgIpc) is 2.09. The Labute approximate surface area is 78.6 Å². The minimum absolute atomic E-state index is 0.0188. The molecular formula is C9H17N3O. The van der Waals surface area contributed by atoms with Gasteiger partial charge < -0.3 is 11.1 Å². The Bertz CT molecular complexity index is 213. The molecule has 1 unspecified atom stereocenters. The summed E-state index contributed by atoms with van der Waals surface area (Å²) < 4.78 is 0. The molecule has 1 rings (SSSR count). The molecule has 0 aromatic heterocycles. The third-order valence-electron chi connectivity index (χ3n) is 2.08. The van der Waals surface area contributed by atoms with Crippen molar-refractivity contribution in [3.63, 3.8) is 0 Å². The number of carbonyl (C=O) groups excluding carboxylic acids is 1. The second-order valence-corrected chi connectivity index (χ2v) is 3.32. The first-order valence-electron chi connectivity index (χ1n) is 4.84. The van der Waals surface area contributed by atoms with Crippen molar-refractivity contribution in [3.8, 4) is 0 Å². The maximum Gasteiger partial charge on any atom is 0.244 e. The molecule has 13 heavy (non-hydrogen) atoms. The number of nitrogens with zero attached hydrogens (tertiary/aromatic N) is 1. The van der Waals surface area contributed by atoms with E-state index in [2.05, 4.69) is 10.3 Å². The van der Waals surface area contributed by atoms with Crippen molar-refractivity contribution in [1.82, 2.24) is 5.32 Å². The summed E-state index contributed by atoms with van der Waals surface area (Å²) in [6, 6.07) is -0.236. The Morgan fingerprint density at radius 2 is 2.54 bits per heavy atom. The number of carbonyl (C=O) groups is 1. The Kier molecular flexibility index (Phi) is 3.73. The quantitative estimate of drug-likeness (QED) is 0.492. The van der Waals surface area contributed by atoms with Gasteiger partial charge in [0.2, 0.25) is 5.91 Å². The van der Waals surface area contributed by atoms with Crippen molar-refractivity contribution >= 4 is 11.7 Å². The van der Waals surface area contributed by atoms with E-state index in [0.717, 1.165) is 32.2 Å². The smallest absolute Gasteiger partial charge is 0.244 e. The van der Waals surface area contributed by atoms with E-state index in [-0.39, 0.29) is 11.9 Å². The first-order valence-corrected chi connectivity index (χ1v) is 4.84. The van der Waals surface area contributed by atoms with Crippen molar-refractivity contribution < 1.29 is 4.79 Å². The molecule has 0 aromatic rings. The average molecular weight is 183 g/mol.